The van der Waals surface area contributed by atoms with E-state index in [1.807, 2.05) is 7.05 Å². The molecule has 1 nitrogen and oxygen atoms in total. The normalized spacial score (nSPS) is 13.2. The Morgan fingerprint density at radius 2 is 2.00 bits per heavy atom. The van der Waals surface area contributed by atoms with Crippen LogP contribution in [0, 0.1) is 11.8 Å². The second kappa shape index (κ2) is 5.22. The lowest BCUT2D eigenvalue weighted by Crippen LogP contribution is -2.16. The van der Waals surface area contributed by atoms with Gasteiger partial charge < -0.3 is 5.32 Å². The van der Waals surface area contributed by atoms with Crippen LogP contribution >= 0.6 is 0 Å². The molecule has 1 unspecified atom stereocenters. The summed E-state index contributed by atoms with van der Waals surface area (Å²) in [5.41, 5.74) is 1.18. The van der Waals surface area contributed by atoms with Crippen molar-refractivity contribution in [1.82, 2.24) is 5.32 Å². The van der Waals surface area contributed by atoms with Gasteiger partial charge in [-0.1, -0.05) is 27.4 Å². The highest BCUT2D eigenvalue weighted by atomic mass is 14.8. The number of rotatable bonds is 5. The minimum absolute atomic E-state index is 0.653. The Bertz CT molecular complexity index is 116. The number of hydrogen-bond acceptors (Lipinski definition) is 1. The Balaban J connectivity index is 3.84. The molecule has 0 fully saturated rings. The van der Waals surface area contributed by atoms with E-state index < -0.39 is 0 Å². The average Bonchev–Trinajstić information content (AvgIpc) is 1.98. The Kier molecular flexibility index (Phi) is 5.01. The van der Waals surface area contributed by atoms with Gasteiger partial charge in [0.2, 0.25) is 0 Å². The van der Waals surface area contributed by atoms with Gasteiger partial charge in [0.15, 0.2) is 0 Å². The second-order valence-corrected chi connectivity index (χ2v) is 3.51. The van der Waals surface area contributed by atoms with Crippen molar-refractivity contribution in [3.05, 3.63) is 12.3 Å². The van der Waals surface area contributed by atoms with Crippen LogP contribution in [-0.4, -0.2) is 7.05 Å². The molecule has 1 N–H and O–H groups in total. The summed E-state index contributed by atoms with van der Waals surface area (Å²) in [7, 11) is 1.95. The van der Waals surface area contributed by atoms with E-state index in [9.17, 15) is 0 Å². The van der Waals surface area contributed by atoms with E-state index in [2.05, 4.69) is 32.7 Å². The molecule has 0 bridgehead atoms. The molecular weight excluding hydrogens is 134 g/mol. The lowest BCUT2D eigenvalue weighted by atomic mass is 9.92. The van der Waals surface area contributed by atoms with Crippen molar-refractivity contribution < 1.29 is 0 Å². The minimum atomic E-state index is 0.653. The Labute approximate surface area is 70.9 Å². The number of allylic oxidation sites excluding steroid dienone is 1. The lowest BCUT2D eigenvalue weighted by molar-refractivity contribution is 0.434. The molecule has 11 heavy (non-hydrogen) atoms. The molecule has 0 amide bonds. The highest BCUT2D eigenvalue weighted by Crippen LogP contribution is 2.19. The van der Waals surface area contributed by atoms with E-state index in [4.69, 9.17) is 0 Å². The number of hydrogen-bond donors (Lipinski definition) is 1. The third-order valence-corrected chi connectivity index (χ3v) is 2.06. The summed E-state index contributed by atoms with van der Waals surface area (Å²) in [6.45, 7) is 10.7. The zero-order valence-corrected chi connectivity index (χ0v) is 8.28. The first-order valence-electron chi connectivity index (χ1n) is 4.48. The van der Waals surface area contributed by atoms with Crippen LogP contribution in [0.25, 0.3) is 0 Å². The quantitative estimate of drug-likeness (QED) is 0.643. The van der Waals surface area contributed by atoms with E-state index in [-0.39, 0.29) is 0 Å². The highest BCUT2D eigenvalue weighted by Gasteiger charge is 2.10. The van der Waals surface area contributed by atoms with Crippen LogP contribution in [0.1, 0.15) is 33.6 Å². The van der Waals surface area contributed by atoms with Crippen molar-refractivity contribution >= 4 is 0 Å². The smallest absolute Gasteiger partial charge is 0.00625 e. The molecule has 0 aromatic rings. The van der Waals surface area contributed by atoms with Crippen molar-refractivity contribution in [3.8, 4) is 0 Å². The molecule has 0 saturated heterocycles. The van der Waals surface area contributed by atoms with Gasteiger partial charge in [-0.05, 0) is 24.7 Å². The van der Waals surface area contributed by atoms with Gasteiger partial charge in [0, 0.05) is 12.7 Å². The third kappa shape index (κ3) is 4.07. The molecule has 0 aliphatic carbocycles. The molecule has 0 aromatic heterocycles. The molecule has 1 atom stereocenters. The fourth-order valence-corrected chi connectivity index (χ4v) is 1.33. The largest absolute Gasteiger partial charge is 0.392 e. The maximum Gasteiger partial charge on any atom is 0.00625 e. The summed E-state index contributed by atoms with van der Waals surface area (Å²) < 4.78 is 0. The van der Waals surface area contributed by atoms with E-state index >= 15 is 0 Å². The Morgan fingerprint density at radius 3 is 2.27 bits per heavy atom. The van der Waals surface area contributed by atoms with Crippen LogP contribution in [0.15, 0.2) is 12.3 Å². The van der Waals surface area contributed by atoms with Crippen molar-refractivity contribution in [2.75, 3.05) is 7.05 Å². The lowest BCUT2D eigenvalue weighted by Gasteiger charge is -2.19. The monoisotopic (exact) mass is 155 g/mol. The zero-order chi connectivity index (χ0) is 8.85. The molecule has 0 aliphatic heterocycles. The molecule has 0 radical (unpaired) electrons. The van der Waals surface area contributed by atoms with E-state index in [1.54, 1.807) is 0 Å². The van der Waals surface area contributed by atoms with Gasteiger partial charge in [-0.25, -0.2) is 0 Å². The Hall–Kier alpha value is -0.460. The first-order chi connectivity index (χ1) is 5.11. The molecule has 0 rings (SSSR count). The first-order valence-corrected chi connectivity index (χ1v) is 4.48. The highest BCUT2D eigenvalue weighted by molar-refractivity contribution is 4.96. The van der Waals surface area contributed by atoms with Crippen molar-refractivity contribution in [3.63, 3.8) is 0 Å². The molecule has 0 aliphatic rings. The van der Waals surface area contributed by atoms with E-state index in [0.29, 0.717) is 5.92 Å². The average molecular weight is 155 g/mol. The van der Waals surface area contributed by atoms with Crippen LogP contribution in [0.2, 0.25) is 0 Å². The SMILES string of the molecule is C=C(NC)C(CC)CC(C)C. The predicted octanol–water partition coefficient (Wildman–Crippen LogP) is 2.79. The van der Waals surface area contributed by atoms with Gasteiger partial charge in [-0.3, -0.25) is 0 Å². The van der Waals surface area contributed by atoms with E-state index in [0.717, 1.165) is 5.92 Å². The minimum Gasteiger partial charge on any atom is -0.392 e. The van der Waals surface area contributed by atoms with Crippen molar-refractivity contribution in [2.24, 2.45) is 11.8 Å². The van der Waals surface area contributed by atoms with Gasteiger partial charge in [0.1, 0.15) is 0 Å². The summed E-state index contributed by atoms with van der Waals surface area (Å²) >= 11 is 0. The summed E-state index contributed by atoms with van der Waals surface area (Å²) in [6.07, 6.45) is 2.44. The van der Waals surface area contributed by atoms with Gasteiger partial charge >= 0.3 is 0 Å². The fourth-order valence-electron chi connectivity index (χ4n) is 1.33. The molecule has 0 saturated carbocycles. The summed E-state index contributed by atoms with van der Waals surface area (Å²) in [5.74, 6) is 1.42. The van der Waals surface area contributed by atoms with Gasteiger partial charge in [0.25, 0.3) is 0 Å². The topological polar surface area (TPSA) is 12.0 Å². The summed E-state index contributed by atoms with van der Waals surface area (Å²) in [6, 6.07) is 0. The molecule has 0 spiro atoms. The second-order valence-electron chi connectivity index (χ2n) is 3.51. The fraction of sp³-hybridized carbons (Fsp3) is 0.800. The zero-order valence-electron chi connectivity index (χ0n) is 8.28. The molecule has 0 heterocycles. The van der Waals surface area contributed by atoms with Gasteiger partial charge in [0.05, 0.1) is 0 Å². The van der Waals surface area contributed by atoms with Crippen LogP contribution in [0.3, 0.4) is 0 Å². The van der Waals surface area contributed by atoms with Crippen molar-refractivity contribution in [1.29, 1.82) is 0 Å². The van der Waals surface area contributed by atoms with Gasteiger partial charge in [-0.15, -0.1) is 0 Å². The van der Waals surface area contributed by atoms with Gasteiger partial charge in [-0.2, -0.15) is 0 Å². The Morgan fingerprint density at radius 1 is 1.45 bits per heavy atom. The maximum absolute atomic E-state index is 3.99. The predicted molar refractivity (Wildman–Crippen MR) is 51.4 cm³/mol. The van der Waals surface area contributed by atoms with E-state index in [1.165, 1.54) is 18.5 Å². The molecule has 66 valence electrons. The third-order valence-electron chi connectivity index (χ3n) is 2.06. The first kappa shape index (κ1) is 10.5. The molecular formula is C10H21N. The summed E-state index contributed by atoms with van der Waals surface area (Å²) in [5, 5.41) is 3.13. The van der Waals surface area contributed by atoms with Crippen LogP contribution in [0.5, 0.6) is 0 Å². The van der Waals surface area contributed by atoms with Crippen molar-refractivity contribution in [2.45, 2.75) is 33.6 Å². The summed E-state index contributed by atoms with van der Waals surface area (Å²) in [4.78, 5) is 0. The number of nitrogens with one attached hydrogen (secondary N) is 1. The maximum atomic E-state index is 3.99. The standard InChI is InChI=1S/C10H21N/c1-6-10(7-8(2)3)9(4)11-5/h8,10-11H,4,6-7H2,1-3,5H3. The van der Waals surface area contributed by atoms with Crippen LogP contribution < -0.4 is 5.32 Å². The molecule has 0 aromatic carbocycles. The van der Waals surface area contributed by atoms with Crippen LogP contribution in [0.4, 0.5) is 0 Å². The molecule has 1 heteroatoms. The van der Waals surface area contributed by atoms with Crippen LogP contribution in [-0.2, 0) is 0 Å².